The number of ether oxygens (including phenoxy) is 1. The van der Waals surface area contributed by atoms with Crippen LogP contribution >= 0.6 is 0 Å². The van der Waals surface area contributed by atoms with Gasteiger partial charge in [-0.2, -0.15) is 0 Å². The normalized spacial score (nSPS) is 12.4. The lowest BCUT2D eigenvalue weighted by molar-refractivity contribution is -0.132. The highest BCUT2D eigenvalue weighted by Crippen LogP contribution is 2.16. The number of carboxylic acids is 1. The van der Waals surface area contributed by atoms with Crippen LogP contribution in [0.3, 0.4) is 0 Å². The van der Waals surface area contributed by atoms with Crippen LogP contribution in [0.25, 0.3) is 0 Å². The summed E-state index contributed by atoms with van der Waals surface area (Å²) in [6, 6.07) is 6.24. The minimum Gasteiger partial charge on any atom is -0.478 e. The Hall–Kier alpha value is -1.66. The van der Waals surface area contributed by atoms with E-state index < -0.39 is 15.8 Å². The number of carbonyl (C=O) groups is 1. The Bertz CT molecular complexity index is 570. The predicted octanol–water partition coefficient (Wildman–Crippen LogP) is 1.77. The highest BCUT2D eigenvalue weighted by atomic mass is 32.2. The number of rotatable bonds is 6. The van der Waals surface area contributed by atoms with E-state index >= 15 is 0 Å². The summed E-state index contributed by atoms with van der Waals surface area (Å²) in [6.45, 7) is 2.00. The van der Waals surface area contributed by atoms with Gasteiger partial charge in [0.25, 0.3) is 0 Å². The molecule has 0 atom stereocenters. The van der Waals surface area contributed by atoms with Gasteiger partial charge in [-0.15, -0.1) is 0 Å². The number of sulfone groups is 1. The number of methoxy groups -OCH3 is 1. The van der Waals surface area contributed by atoms with Crippen molar-refractivity contribution in [3.63, 3.8) is 0 Å². The number of hydrogen-bond acceptors (Lipinski definition) is 4. The summed E-state index contributed by atoms with van der Waals surface area (Å²) >= 11 is 0. The van der Waals surface area contributed by atoms with Crippen LogP contribution in [0.2, 0.25) is 0 Å². The van der Waals surface area contributed by atoms with Crippen molar-refractivity contribution in [1.29, 1.82) is 0 Å². The van der Waals surface area contributed by atoms with Gasteiger partial charge in [0.2, 0.25) is 0 Å². The highest BCUT2D eigenvalue weighted by molar-refractivity contribution is 7.94. The van der Waals surface area contributed by atoms with Crippen LogP contribution in [-0.4, -0.2) is 33.2 Å². The molecule has 19 heavy (non-hydrogen) atoms. The van der Waals surface area contributed by atoms with Crippen LogP contribution in [0.5, 0.6) is 0 Å². The average molecular weight is 284 g/mol. The summed E-state index contributed by atoms with van der Waals surface area (Å²) in [5.41, 5.74) is 0.739. The van der Waals surface area contributed by atoms with Crippen LogP contribution in [-0.2, 0) is 19.4 Å². The second-order valence-corrected chi connectivity index (χ2v) is 5.85. The standard InChI is InChI=1S/C13H16O5S/c1-10-3-5-12(6-4-10)19(16,17)9-11(13(14)15)7-8-18-2/h3-6,9H,7-8H2,1-2H3,(H,14,15). The molecule has 0 aromatic heterocycles. The van der Waals surface area contributed by atoms with Gasteiger partial charge in [0.05, 0.1) is 17.1 Å². The summed E-state index contributed by atoms with van der Waals surface area (Å²) in [5.74, 6) is -1.26. The molecule has 0 saturated carbocycles. The fourth-order valence-corrected chi connectivity index (χ4v) is 2.66. The van der Waals surface area contributed by atoms with Crippen molar-refractivity contribution in [2.75, 3.05) is 13.7 Å². The quantitative estimate of drug-likeness (QED) is 0.805. The fourth-order valence-electron chi connectivity index (χ4n) is 1.41. The van der Waals surface area contributed by atoms with Gasteiger partial charge >= 0.3 is 5.97 Å². The first-order valence-corrected chi connectivity index (χ1v) is 7.16. The number of benzene rings is 1. The molecule has 0 bridgehead atoms. The Morgan fingerprint density at radius 1 is 1.32 bits per heavy atom. The Balaban J connectivity index is 3.10. The van der Waals surface area contributed by atoms with Crippen molar-refractivity contribution in [1.82, 2.24) is 0 Å². The van der Waals surface area contributed by atoms with Gasteiger partial charge in [-0.25, -0.2) is 13.2 Å². The van der Waals surface area contributed by atoms with Gasteiger partial charge in [0.1, 0.15) is 0 Å². The molecule has 1 rings (SSSR count). The topological polar surface area (TPSA) is 80.7 Å². The fraction of sp³-hybridized carbons (Fsp3) is 0.308. The molecule has 0 aliphatic carbocycles. The number of carboxylic acid groups (broad SMARTS) is 1. The van der Waals surface area contributed by atoms with E-state index in [1.807, 2.05) is 6.92 Å². The highest BCUT2D eigenvalue weighted by Gasteiger charge is 2.16. The Labute approximate surface area is 112 Å². The second kappa shape index (κ2) is 6.49. The van der Waals surface area contributed by atoms with Crippen molar-refractivity contribution in [3.05, 3.63) is 40.8 Å². The maximum atomic E-state index is 12.0. The van der Waals surface area contributed by atoms with E-state index in [1.165, 1.54) is 19.2 Å². The molecule has 0 fully saturated rings. The Morgan fingerprint density at radius 2 is 1.89 bits per heavy atom. The lowest BCUT2D eigenvalue weighted by Gasteiger charge is -2.04. The van der Waals surface area contributed by atoms with Crippen molar-refractivity contribution >= 4 is 15.8 Å². The maximum absolute atomic E-state index is 12.0. The van der Waals surface area contributed by atoms with E-state index in [4.69, 9.17) is 9.84 Å². The molecule has 104 valence electrons. The van der Waals surface area contributed by atoms with Crippen LogP contribution in [0, 0.1) is 6.92 Å². The molecule has 1 aromatic carbocycles. The third-order valence-corrected chi connectivity index (χ3v) is 4.02. The zero-order chi connectivity index (χ0) is 14.5. The molecule has 1 aromatic rings. The first-order valence-electron chi connectivity index (χ1n) is 5.61. The SMILES string of the molecule is COCCC(=CS(=O)(=O)c1ccc(C)cc1)C(=O)O. The van der Waals surface area contributed by atoms with Crippen molar-refractivity contribution in [3.8, 4) is 0 Å². The number of aliphatic carboxylic acids is 1. The van der Waals surface area contributed by atoms with Crippen LogP contribution in [0.4, 0.5) is 0 Å². The van der Waals surface area contributed by atoms with E-state index in [-0.39, 0.29) is 23.5 Å². The van der Waals surface area contributed by atoms with E-state index in [2.05, 4.69) is 0 Å². The first kappa shape index (κ1) is 15.4. The van der Waals surface area contributed by atoms with Crippen LogP contribution in [0.15, 0.2) is 40.1 Å². The van der Waals surface area contributed by atoms with Crippen LogP contribution < -0.4 is 0 Å². The third-order valence-electron chi connectivity index (χ3n) is 2.50. The van der Waals surface area contributed by atoms with Gasteiger partial charge < -0.3 is 9.84 Å². The first-order chi connectivity index (χ1) is 8.86. The number of hydrogen-bond donors (Lipinski definition) is 1. The molecule has 0 spiro atoms. The summed E-state index contributed by atoms with van der Waals surface area (Å²) in [6.07, 6.45) is 0.0386. The van der Waals surface area contributed by atoms with Gasteiger partial charge in [-0.3, -0.25) is 0 Å². The zero-order valence-electron chi connectivity index (χ0n) is 10.8. The largest absolute Gasteiger partial charge is 0.478 e. The summed E-state index contributed by atoms with van der Waals surface area (Å²) in [5, 5.41) is 9.76. The maximum Gasteiger partial charge on any atom is 0.332 e. The minimum absolute atomic E-state index is 0.0386. The summed E-state index contributed by atoms with van der Waals surface area (Å²) in [4.78, 5) is 11.1. The number of aryl methyl sites for hydroxylation is 1. The smallest absolute Gasteiger partial charge is 0.332 e. The molecule has 0 heterocycles. The van der Waals surface area contributed by atoms with Crippen molar-refractivity contribution < 1.29 is 23.1 Å². The van der Waals surface area contributed by atoms with Crippen molar-refractivity contribution in [2.45, 2.75) is 18.2 Å². The molecule has 0 saturated heterocycles. The van der Waals surface area contributed by atoms with Gasteiger partial charge in [-0.05, 0) is 19.1 Å². The van der Waals surface area contributed by atoms with E-state index in [0.717, 1.165) is 11.0 Å². The minimum atomic E-state index is -3.75. The monoisotopic (exact) mass is 284 g/mol. The zero-order valence-corrected chi connectivity index (χ0v) is 11.6. The summed E-state index contributed by atoms with van der Waals surface area (Å²) < 4.78 is 28.8. The second-order valence-electron chi connectivity index (χ2n) is 4.05. The molecular weight excluding hydrogens is 268 g/mol. The van der Waals surface area contributed by atoms with Gasteiger partial charge in [-0.1, -0.05) is 17.7 Å². The van der Waals surface area contributed by atoms with E-state index in [0.29, 0.717) is 0 Å². The molecule has 0 aliphatic rings. The lowest BCUT2D eigenvalue weighted by Crippen LogP contribution is -2.07. The van der Waals surface area contributed by atoms with Crippen LogP contribution in [0.1, 0.15) is 12.0 Å². The Kier molecular flexibility index (Phi) is 5.26. The lowest BCUT2D eigenvalue weighted by atomic mass is 10.2. The molecule has 0 unspecified atom stereocenters. The molecule has 5 nitrogen and oxygen atoms in total. The van der Waals surface area contributed by atoms with E-state index in [1.54, 1.807) is 12.1 Å². The van der Waals surface area contributed by atoms with E-state index in [9.17, 15) is 13.2 Å². The molecule has 0 radical (unpaired) electrons. The molecule has 6 heteroatoms. The molecule has 0 aliphatic heterocycles. The van der Waals surface area contributed by atoms with Gasteiger partial charge in [0.15, 0.2) is 9.84 Å². The third kappa shape index (κ3) is 4.50. The molecule has 0 amide bonds. The van der Waals surface area contributed by atoms with Gasteiger partial charge in [0, 0.05) is 18.9 Å². The summed E-state index contributed by atoms with van der Waals surface area (Å²) in [7, 11) is -2.33. The Morgan fingerprint density at radius 3 is 2.37 bits per heavy atom. The average Bonchev–Trinajstić information content (AvgIpc) is 2.34. The molecule has 1 N–H and O–H groups in total. The molecular formula is C13H16O5S. The van der Waals surface area contributed by atoms with Crippen molar-refractivity contribution in [2.24, 2.45) is 0 Å². The predicted molar refractivity (Wildman–Crippen MR) is 70.6 cm³/mol.